The number of anilines is 1. The molecule has 7 heteroatoms. The van der Waals surface area contributed by atoms with Crippen molar-refractivity contribution < 1.29 is 9.32 Å². The fraction of sp³-hybridized carbons (Fsp3) is 0.526. The molecule has 0 aromatic carbocycles. The summed E-state index contributed by atoms with van der Waals surface area (Å²) in [5.41, 5.74) is 2.13. The van der Waals surface area contributed by atoms with Gasteiger partial charge in [0.25, 0.3) is 5.91 Å². The molecule has 0 spiro atoms. The summed E-state index contributed by atoms with van der Waals surface area (Å²) in [5.74, 6) is 1.57. The minimum atomic E-state index is -0.157. The Morgan fingerprint density at radius 2 is 2.00 bits per heavy atom. The van der Waals surface area contributed by atoms with Crippen LogP contribution >= 0.6 is 0 Å². The van der Waals surface area contributed by atoms with Crippen molar-refractivity contribution in [2.45, 2.75) is 33.2 Å². The molecule has 2 aromatic heterocycles. The normalized spacial score (nSPS) is 15.5. The van der Waals surface area contributed by atoms with Crippen LogP contribution < -0.4 is 10.2 Å². The molecule has 0 unspecified atom stereocenters. The second-order valence-corrected chi connectivity index (χ2v) is 7.16. The van der Waals surface area contributed by atoms with Crippen molar-refractivity contribution >= 4 is 11.7 Å². The van der Waals surface area contributed by atoms with Crippen LogP contribution in [0.2, 0.25) is 0 Å². The number of hydrogen-bond acceptors (Lipinski definition) is 6. The summed E-state index contributed by atoms with van der Waals surface area (Å²) in [6.45, 7) is 10.3. The average molecular weight is 357 g/mol. The second-order valence-electron chi connectivity index (χ2n) is 7.16. The number of carbonyl (C=O) groups is 1. The lowest BCUT2D eigenvalue weighted by molar-refractivity contribution is 0.0948. The van der Waals surface area contributed by atoms with Crippen LogP contribution in [-0.2, 0) is 6.54 Å². The number of carbonyl (C=O) groups excluding carboxylic acids is 1. The number of rotatable bonds is 5. The zero-order valence-electron chi connectivity index (χ0n) is 16.0. The van der Waals surface area contributed by atoms with Crippen molar-refractivity contribution in [2.75, 3.05) is 38.1 Å². The Kier molecular flexibility index (Phi) is 5.56. The van der Waals surface area contributed by atoms with E-state index in [9.17, 15) is 4.79 Å². The first-order valence-corrected chi connectivity index (χ1v) is 9.08. The smallest absolute Gasteiger partial charge is 0.257 e. The van der Waals surface area contributed by atoms with Crippen LogP contribution in [0.5, 0.6) is 0 Å². The van der Waals surface area contributed by atoms with Crippen molar-refractivity contribution in [1.82, 2.24) is 20.4 Å². The van der Waals surface area contributed by atoms with Gasteiger partial charge in [-0.1, -0.05) is 25.1 Å². The van der Waals surface area contributed by atoms with Gasteiger partial charge in [-0.05, 0) is 25.6 Å². The van der Waals surface area contributed by atoms with Gasteiger partial charge in [0.2, 0.25) is 0 Å². The molecule has 1 aliphatic heterocycles. The Balaban J connectivity index is 1.60. The van der Waals surface area contributed by atoms with Crippen molar-refractivity contribution in [3.05, 3.63) is 40.9 Å². The highest BCUT2D eigenvalue weighted by molar-refractivity contribution is 5.96. The van der Waals surface area contributed by atoms with Gasteiger partial charge in [0.05, 0.1) is 5.69 Å². The Hall–Kier alpha value is -2.41. The lowest BCUT2D eigenvalue weighted by Gasteiger charge is -2.33. The van der Waals surface area contributed by atoms with Gasteiger partial charge in [-0.2, -0.15) is 0 Å². The molecule has 3 rings (SSSR count). The van der Waals surface area contributed by atoms with Gasteiger partial charge >= 0.3 is 0 Å². The second kappa shape index (κ2) is 7.86. The summed E-state index contributed by atoms with van der Waals surface area (Å²) in [5, 5.41) is 6.87. The lowest BCUT2D eigenvalue weighted by Crippen LogP contribution is -2.44. The first-order valence-electron chi connectivity index (χ1n) is 9.08. The summed E-state index contributed by atoms with van der Waals surface area (Å²) < 4.78 is 5.29. The van der Waals surface area contributed by atoms with Crippen LogP contribution in [0.4, 0.5) is 5.82 Å². The van der Waals surface area contributed by atoms with E-state index >= 15 is 0 Å². The zero-order chi connectivity index (χ0) is 18.7. The molecule has 1 fully saturated rings. The number of amides is 1. The highest BCUT2D eigenvalue weighted by Crippen LogP contribution is 2.22. The third-order valence-corrected chi connectivity index (χ3v) is 4.73. The summed E-state index contributed by atoms with van der Waals surface area (Å²) >= 11 is 0. The van der Waals surface area contributed by atoms with Crippen molar-refractivity contribution in [2.24, 2.45) is 0 Å². The monoisotopic (exact) mass is 357 g/mol. The quantitative estimate of drug-likeness (QED) is 0.884. The van der Waals surface area contributed by atoms with Crippen LogP contribution in [-0.4, -0.2) is 54.2 Å². The largest absolute Gasteiger partial charge is 0.360 e. The minimum Gasteiger partial charge on any atom is -0.360 e. The van der Waals surface area contributed by atoms with E-state index in [1.165, 1.54) is 0 Å². The highest BCUT2D eigenvalue weighted by atomic mass is 16.5. The number of hydrogen-bond donors (Lipinski definition) is 1. The molecule has 26 heavy (non-hydrogen) atoms. The van der Waals surface area contributed by atoms with Gasteiger partial charge in [0.1, 0.15) is 11.4 Å². The fourth-order valence-corrected chi connectivity index (χ4v) is 3.07. The number of pyridine rings is 1. The summed E-state index contributed by atoms with van der Waals surface area (Å²) in [6, 6.07) is 4.04. The molecule has 0 aliphatic carbocycles. The summed E-state index contributed by atoms with van der Waals surface area (Å²) in [4.78, 5) is 21.7. The predicted molar refractivity (Wildman–Crippen MR) is 100 cm³/mol. The highest BCUT2D eigenvalue weighted by Gasteiger charge is 2.22. The molecular weight excluding hydrogens is 330 g/mol. The van der Waals surface area contributed by atoms with Crippen LogP contribution in [0, 0.1) is 6.92 Å². The van der Waals surface area contributed by atoms with E-state index in [-0.39, 0.29) is 11.8 Å². The molecule has 3 heterocycles. The van der Waals surface area contributed by atoms with E-state index in [1.807, 2.05) is 32.2 Å². The Morgan fingerprint density at radius 1 is 1.27 bits per heavy atom. The van der Waals surface area contributed by atoms with Gasteiger partial charge in [0.15, 0.2) is 5.76 Å². The van der Waals surface area contributed by atoms with Crippen LogP contribution in [0.3, 0.4) is 0 Å². The van der Waals surface area contributed by atoms with Gasteiger partial charge in [-0.25, -0.2) is 4.98 Å². The number of aromatic nitrogens is 2. The van der Waals surface area contributed by atoms with E-state index in [1.54, 1.807) is 6.92 Å². The standard InChI is InChI=1S/C19H27N5O2/c1-13(2)18-17(14(3)22-26-18)19(25)21-12-15-5-6-16(20-11-15)24-9-7-23(4)8-10-24/h5-6,11,13H,7-10,12H2,1-4H3,(H,21,25). The molecule has 1 N–H and O–H groups in total. The van der Waals surface area contributed by atoms with Crippen LogP contribution in [0.25, 0.3) is 0 Å². The first kappa shape index (κ1) is 18.4. The third kappa shape index (κ3) is 4.04. The summed E-state index contributed by atoms with van der Waals surface area (Å²) in [6.07, 6.45) is 1.83. The van der Waals surface area contributed by atoms with Crippen molar-refractivity contribution in [3.63, 3.8) is 0 Å². The number of nitrogens with zero attached hydrogens (tertiary/aromatic N) is 4. The molecule has 0 bridgehead atoms. The van der Waals surface area contributed by atoms with E-state index in [0.717, 1.165) is 37.6 Å². The average Bonchev–Trinajstić information content (AvgIpc) is 3.03. The molecule has 0 saturated carbocycles. The van der Waals surface area contributed by atoms with E-state index in [4.69, 9.17) is 4.52 Å². The molecule has 1 saturated heterocycles. The Labute approximate surface area is 154 Å². The fourth-order valence-electron chi connectivity index (χ4n) is 3.07. The zero-order valence-corrected chi connectivity index (χ0v) is 16.0. The van der Waals surface area contributed by atoms with Crippen LogP contribution in [0.1, 0.15) is 47.1 Å². The predicted octanol–water partition coefficient (Wildman–Crippen LogP) is 2.18. The maximum atomic E-state index is 12.5. The number of aryl methyl sites for hydroxylation is 1. The van der Waals surface area contributed by atoms with Crippen molar-refractivity contribution in [1.29, 1.82) is 0 Å². The third-order valence-electron chi connectivity index (χ3n) is 4.73. The van der Waals surface area contributed by atoms with E-state index in [2.05, 4.69) is 32.3 Å². The molecule has 1 amide bonds. The van der Waals surface area contributed by atoms with Gasteiger partial charge in [0, 0.05) is 44.8 Å². The van der Waals surface area contributed by atoms with Crippen molar-refractivity contribution in [3.8, 4) is 0 Å². The molecule has 7 nitrogen and oxygen atoms in total. The van der Waals surface area contributed by atoms with Crippen LogP contribution in [0.15, 0.2) is 22.9 Å². The minimum absolute atomic E-state index is 0.112. The van der Waals surface area contributed by atoms with E-state index < -0.39 is 0 Å². The lowest BCUT2D eigenvalue weighted by atomic mass is 10.0. The first-order chi connectivity index (χ1) is 12.5. The Bertz CT molecular complexity index is 746. The molecule has 1 aliphatic rings. The molecule has 140 valence electrons. The molecule has 0 radical (unpaired) electrons. The molecule has 2 aromatic rings. The topological polar surface area (TPSA) is 74.5 Å². The number of piperazine rings is 1. The van der Waals surface area contributed by atoms with Gasteiger partial charge in [-0.3, -0.25) is 4.79 Å². The number of nitrogens with one attached hydrogen (secondary N) is 1. The van der Waals surface area contributed by atoms with Gasteiger partial charge in [-0.15, -0.1) is 0 Å². The molecule has 0 atom stereocenters. The maximum Gasteiger partial charge on any atom is 0.257 e. The summed E-state index contributed by atoms with van der Waals surface area (Å²) in [7, 11) is 2.14. The maximum absolute atomic E-state index is 12.5. The molecular formula is C19H27N5O2. The Morgan fingerprint density at radius 3 is 2.62 bits per heavy atom. The van der Waals surface area contributed by atoms with E-state index in [0.29, 0.717) is 23.6 Å². The van der Waals surface area contributed by atoms with Gasteiger partial charge < -0.3 is 19.6 Å². The SMILES string of the molecule is Cc1noc(C(C)C)c1C(=O)NCc1ccc(N2CCN(C)CC2)nc1. The number of likely N-dealkylation sites (N-methyl/N-ethyl adjacent to an activating group) is 1.